The van der Waals surface area contributed by atoms with Crippen LogP contribution < -0.4 is 0 Å². The maximum absolute atomic E-state index is 10.4. The van der Waals surface area contributed by atoms with Crippen LogP contribution in [0.1, 0.15) is 28.8 Å². The maximum Gasteiger partial charge on any atom is 0.150 e. The van der Waals surface area contributed by atoms with Gasteiger partial charge in [0.05, 0.1) is 5.41 Å². The highest BCUT2D eigenvalue weighted by Crippen LogP contribution is 2.47. The molecule has 0 radical (unpaired) electrons. The summed E-state index contributed by atoms with van der Waals surface area (Å²) in [5.41, 5.74) is 1.86. The molecule has 0 N–H and O–H groups in total. The van der Waals surface area contributed by atoms with E-state index in [9.17, 15) is 4.79 Å². The van der Waals surface area contributed by atoms with Crippen molar-refractivity contribution < 1.29 is 4.79 Å². The summed E-state index contributed by atoms with van der Waals surface area (Å²) in [6.45, 7) is 0. The highest BCUT2D eigenvalue weighted by atomic mass is 16.1. The molecule has 0 unspecified atom stereocenters. The third kappa shape index (κ3) is 1.25. The van der Waals surface area contributed by atoms with Gasteiger partial charge < -0.3 is 0 Å². The molecule has 0 heterocycles. The van der Waals surface area contributed by atoms with E-state index in [1.807, 2.05) is 24.3 Å². The Labute approximate surface area is 77.8 Å². The van der Waals surface area contributed by atoms with Crippen LogP contribution in [0.15, 0.2) is 24.3 Å². The number of carbonyl (C=O) groups is 1. The first-order valence-electron chi connectivity index (χ1n) is 4.34. The molecule has 1 aromatic carbocycles. The third-order valence-corrected chi connectivity index (χ3v) is 2.63. The fourth-order valence-electron chi connectivity index (χ4n) is 1.52. The van der Waals surface area contributed by atoms with Crippen molar-refractivity contribution in [1.29, 1.82) is 0 Å². The van der Waals surface area contributed by atoms with Crippen LogP contribution in [0.5, 0.6) is 0 Å². The molecule has 0 aromatic heterocycles. The van der Waals surface area contributed by atoms with Gasteiger partial charge in [-0.1, -0.05) is 30.2 Å². The minimum Gasteiger partial charge on any atom is -0.298 e. The quantitative estimate of drug-likeness (QED) is 0.491. The molecule has 1 nitrogen and oxygen atoms in total. The van der Waals surface area contributed by atoms with Crippen molar-refractivity contribution in [2.45, 2.75) is 18.3 Å². The van der Waals surface area contributed by atoms with Crippen LogP contribution in [0, 0.1) is 12.3 Å². The Morgan fingerprint density at radius 2 is 1.92 bits per heavy atom. The van der Waals surface area contributed by atoms with E-state index in [4.69, 9.17) is 6.42 Å². The molecule has 0 atom stereocenters. The number of aldehydes is 1. The van der Waals surface area contributed by atoms with Gasteiger partial charge in [-0.25, -0.2) is 0 Å². The lowest BCUT2D eigenvalue weighted by Gasteiger charge is -2.06. The van der Waals surface area contributed by atoms with E-state index < -0.39 is 0 Å². The average Bonchev–Trinajstić information content (AvgIpc) is 2.99. The predicted molar refractivity (Wildman–Crippen MR) is 51.6 cm³/mol. The van der Waals surface area contributed by atoms with E-state index in [0.717, 1.165) is 19.1 Å². The molecule has 1 aliphatic rings. The fraction of sp³-hybridized carbons (Fsp3) is 0.250. The van der Waals surface area contributed by atoms with Crippen LogP contribution in [0.25, 0.3) is 0 Å². The molecule has 0 spiro atoms. The maximum atomic E-state index is 10.4. The van der Waals surface area contributed by atoms with E-state index in [0.29, 0.717) is 5.56 Å². The normalized spacial score (nSPS) is 17.5. The van der Waals surface area contributed by atoms with Gasteiger partial charge in [-0.05, 0) is 18.4 Å². The highest BCUT2D eigenvalue weighted by Gasteiger charge is 2.42. The van der Waals surface area contributed by atoms with Crippen LogP contribution in [0.4, 0.5) is 0 Å². The zero-order valence-electron chi connectivity index (χ0n) is 7.29. The topological polar surface area (TPSA) is 17.1 Å². The summed E-state index contributed by atoms with van der Waals surface area (Å²) in [6.07, 6.45) is 8.44. The van der Waals surface area contributed by atoms with E-state index in [1.54, 1.807) is 0 Å². The molecule has 0 saturated heterocycles. The van der Waals surface area contributed by atoms with Crippen LogP contribution in [0.2, 0.25) is 0 Å². The van der Waals surface area contributed by atoms with Gasteiger partial charge in [0.1, 0.15) is 6.29 Å². The zero-order chi connectivity index (χ0) is 9.31. The third-order valence-electron chi connectivity index (χ3n) is 2.63. The zero-order valence-corrected chi connectivity index (χ0v) is 7.29. The van der Waals surface area contributed by atoms with E-state index in [2.05, 4.69) is 5.92 Å². The van der Waals surface area contributed by atoms with Gasteiger partial charge in [0, 0.05) is 5.56 Å². The Morgan fingerprint density at radius 1 is 1.31 bits per heavy atom. The van der Waals surface area contributed by atoms with Crippen molar-refractivity contribution in [3.05, 3.63) is 35.4 Å². The summed E-state index contributed by atoms with van der Waals surface area (Å²) in [5, 5.41) is 0. The first-order chi connectivity index (χ1) is 6.30. The van der Waals surface area contributed by atoms with Crippen molar-refractivity contribution in [3.8, 4) is 12.3 Å². The van der Waals surface area contributed by atoms with Crippen LogP contribution in [-0.4, -0.2) is 6.29 Å². The molecule has 1 aliphatic carbocycles. The summed E-state index contributed by atoms with van der Waals surface area (Å²) >= 11 is 0. The second-order valence-electron chi connectivity index (χ2n) is 3.47. The van der Waals surface area contributed by atoms with Crippen molar-refractivity contribution in [2.24, 2.45) is 0 Å². The Morgan fingerprint density at radius 3 is 2.31 bits per heavy atom. The van der Waals surface area contributed by atoms with E-state index >= 15 is 0 Å². The number of benzene rings is 1. The summed E-state index contributed by atoms with van der Waals surface area (Å²) in [7, 11) is 0. The van der Waals surface area contributed by atoms with Crippen molar-refractivity contribution in [2.75, 3.05) is 0 Å². The first-order valence-corrected chi connectivity index (χ1v) is 4.34. The van der Waals surface area contributed by atoms with Crippen molar-refractivity contribution in [1.82, 2.24) is 0 Å². The Bertz CT molecular complexity index is 363. The molecule has 0 bridgehead atoms. The van der Waals surface area contributed by atoms with Crippen LogP contribution >= 0.6 is 0 Å². The Hall–Kier alpha value is -1.55. The lowest BCUT2D eigenvalue weighted by Crippen LogP contribution is -2.01. The van der Waals surface area contributed by atoms with Gasteiger partial charge >= 0.3 is 0 Å². The van der Waals surface area contributed by atoms with Gasteiger partial charge in [0.2, 0.25) is 0 Å². The molecule has 1 fully saturated rings. The molecule has 13 heavy (non-hydrogen) atoms. The number of hydrogen-bond acceptors (Lipinski definition) is 1. The van der Waals surface area contributed by atoms with Crippen LogP contribution in [0.3, 0.4) is 0 Å². The number of rotatable bonds is 2. The van der Waals surface area contributed by atoms with Crippen molar-refractivity contribution in [3.63, 3.8) is 0 Å². The van der Waals surface area contributed by atoms with Crippen molar-refractivity contribution >= 4 is 6.29 Å². The minimum atomic E-state index is -0.0125. The molecule has 2 rings (SSSR count). The van der Waals surface area contributed by atoms with Crippen LogP contribution in [-0.2, 0) is 5.41 Å². The smallest absolute Gasteiger partial charge is 0.150 e. The fourth-order valence-corrected chi connectivity index (χ4v) is 1.52. The molecule has 1 heteroatoms. The summed E-state index contributed by atoms with van der Waals surface area (Å²) < 4.78 is 0. The lowest BCUT2D eigenvalue weighted by molar-refractivity contribution is 0.112. The monoisotopic (exact) mass is 170 g/mol. The molecule has 1 aromatic rings. The SMILES string of the molecule is C#CC1(c2ccc(C=O)cc2)CC1. The average molecular weight is 170 g/mol. The molecule has 0 amide bonds. The molecule has 0 aliphatic heterocycles. The predicted octanol–water partition coefficient (Wildman–Crippen LogP) is 2.16. The highest BCUT2D eigenvalue weighted by molar-refractivity contribution is 5.74. The molecule has 64 valence electrons. The van der Waals surface area contributed by atoms with Gasteiger partial charge in [-0.2, -0.15) is 0 Å². The number of carbonyl (C=O) groups excluding carboxylic acids is 1. The second-order valence-corrected chi connectivity index (χ2v) is 3.47. The Kier molecular flexibility index (Phi) is 1.70. The molecular formula is C12H10O. The standard InChI is InChI=1S/C12H10O/c1-2-12(7-8-12)11-5-3-10(9-13)4-6-11/h1,3-6,9H,7-8H2. The van der Waals surface area contributed by atoms with Gasteiger partial charge in [0.25, 0.3) is 0 Å². The van der Waals surface area contributed by atoms with Gasteiger partial charge in [0.15, 0.2) is 0 Å². The largest absolute Gasteiger partial charge is 0.298 e. The molecule has 1 saturated carbocycles. The summed E-state index contributed by atoms with van der Waals surface area (Å²) in [5.74, 6) is 2.82. The van der Waals surface area contributed by atoms with Gasteiger partial charge in [-0.15, -0.1) is 6.42 Å². The van der Waals surface area contributed by atoms with E-state index in [-0.39, 0.29) is 5.41 Å². The molecular weight excluding hydrogens is 160 g/mol. The summed E-state index contributed by atoms with van der Waals surface area (Å²) in [4.78, 5) is 10.4. The van der Waals surface area contributed by atoms with E-state index in [1.165, 1.54) is 5.56 Å². The lowest BCUT2D eigenvalue weighted by atomic mass is 9.96. The number of terminal acetylenes is 1. The van der Waals surface area contributed by atoms with Gasteiger partial charge in [-0.3, -0.25) is 4.79 Å². The second kappa shape index (κ2) is 2.74. The minimum absolute atomic E-state index is 0.0125. The first kappa shape index (κ1) is 8.07. The Balaban J connectivity index is 2.34. The number of hydrogen-bond donors (Lipinski definition) is 0. The summed E-state index contributed by atoms with van der Waals surface area (Å²) in [6, 6.07) is 7.55.